The number of carbonyl (C=O) groups is 3. The molecule has 3 N–H and O–H groups in total. The standard InChI is InChI=1S/C27H24N4O4/c1-31(23-12-3-2-4-13-23)27(34)19-8-5-9-20(16-19)28-18-25(32)29-21-10-6-11-22(17-21)30-26(33)24-14-7-15-35-24/h2-17,28H,18H2,1H3,(H,29,32)(H,30,33). The van der Waals surface area contributed by atoms with Crippen molar-refractivity contribution in [3.8, 4) is 0 Å². The summed E-state index contributed by atoms with van der Waals surface area (Å²) in [5, 5.41) is 8.54. The molecule has 4 aromatic rings. The van der Waals surface area contributed by atoms with Crippen molar-refractivity contribution in [2.75, 3.05) is 34.4 Å². The van der Waals surface area contributed by atoms with Crippen LogP contribution in [0.1, 0.15) is 20.9 Å². The van der Waals surface area contributed by atoms with Gasteiger partial charge in [-0.2, -0.15) is 0 Å². The second kappa shape index (κ2) is 10.8. The molecule has 35 heavy (non-hydrogen) atoms. The minimum atomic E-state index is -0.382. The van der Waals surface area contributed by atoms with Gasteiger partial charge in [0.2, 0.25) is 5.91 Å². The van der Waals surface area contributed by atoms with E-state index in [4.69, 9.17) is 4.42 Å². The van der Waals surface area contributed by atoms with Gasteiger partial charge in [-0.3, -0.25) is 14.4 Å². The van der Waals surface area contributed by atoms with Crippen molar-refractivity contribution in [1.29, 1.82) is 0 Å². The van der Waals surface area contributed by atoms with Crippen molar-refractivity contribution in [1.82, 2.24) is 0 Å². The topological polar surface area (TPSA) is 104 Å². The maximum atomic E-state index is 12.8. The van der Waals surface area contributed by atoms with Crippen LogP contribution in [-0.2, 0) is 4.79 Å². The van der Waals surface area contributed by atoms with E-state index in [1.807, 2.05) is 30.3 Å². The van der Waals surface area contributed by atoms with Crippen LogP contribution >= 0.6 is 0 Å². The zero-order valence-corrected chi connectivity index (χ0v) is 19.0. The molecule has 1 aromatic heterocycles. The van der Waals surface area contributed by atoms with Crippen molar-refractivity contribution in [2.45, 2.75) is 0 Å². The first-order chi connectivity index (χ1) is 17.0. The first-order valence-corrected chi connectivity index (χ1v) is 10.9. The molecule has 176 valence electrons. The number of nitrogens with zero attached hydrogens (tertiary/aromatic N) is 1. The number of para-hydroxylation sites is 1. The number of benzene rings is 3. The molecule has 0 bridgehead atoms. The zero-order chi connectivity index (χ0) is 24.6. The van der Waals surface area contributed by atoms with Gasteiger partial charge in [-0.15, -0.1) is 0 Å². The lowest BCUT2D eigenvalue weighted by atomic mass is 10.1. The number of carbonyl (C=O) groups excluding carboxylic acids is 3. The SMILES string of the molecule is CN(C(=O)c1cccc(NCC(=O)Nc2cccc(NC(=O)c3ccco3)c2)c1)c1ccccc1. The van der Waals surface area contributed by atoms with Gasteiger partial charge in [0.25, 0.3) is 11.8 Å². The highest BCUT2D eigenvalue weighted by Crippen LogP contribution is 2.18. The Morgan fingerprint density at radius 1 is 0.771 bits per heavy atom. The van der Waals surface area contributed by atoms with E-state index in [1.54, 1.807) is 72.6 Å². The maximum absolute atomic E-state index is 12.8. The molecule has 1 heterocycles. The Bertz CT molecular complexity index is 1320. The van der Waals surface area contributed by atoms with Crippen LogP contribution in [0.15, 0.2) is 102 Å². The largest absolute Gasteiger partial charge is 0.459 e. The Hall–Kier alpha value is -4.85. The van der Waals surface area contributed by atoms with Crippen LogP contribution in [0.3, 0.4) is 0 Å². The van der Waals surface area contributed by atoms with Crippen LogP contribution in [0.2, 0.25) is 0 Å². The van der Waals surface area contributed by atoms with Crippen molar-refractivity contribution in [3.63, 3.8) is 0 Å². The van der Waals surface area contributed by atoms with Crippen molar-refractivity contribution in [3.05, 3.63) is 109 Å². The van der Waals surface area contributed by atoms with Crippen LogP contribution in [0.5, 0.6) is 0 Å². The number of hydrogen-bond acceptors (Lipinski definition) is 5. The van der Waals surface area contributed by atoms with Gasteiger partial charge < -0.3 is 25.3 Å². The van der Waals surface area contributed by atoms with E-state index in [0.717, 1.165) is 5.69 Å². The van der Waals surface area contributed by atoms with Crippen molar-refractivity contribution < 1.29 is 18.8 Å². The molecule has 0 atom stereocenters. The summed E-state index contributed by atoms with van der Waals surface area (Å²) in [6, 6.07) is 26.4. The monoisotopic (exact) mass is 468 g/mol. The normalized spacial score (nSPS) is 10.3. The molecule has 4 rings (SSSR count). The molecule has 0 radical (unpaired) electrons. The van der Waals surface area contributed by atoms with E-state index < -0.39 is 0 Å². The summed E-state index contributed by atoms with van der Waals surface area (Å²) in [6.45, 7) is -0.00481. The van der Waals surface area contributed by atoms with Crippen molar-refractivity contribution >= 4 is 40.5 Å². The summed E-state index contributed by atoms with van der Waals surface area (Å²) in [5.41, 5.74) is 2.99. The number of amides is 3. The smallest absolute Gasteiger partial charge is 0.291 e. The van der Waals surface area contributed by atoms with E-state index >= 15 is 0 Å². The third-order valence-electron chi connectivity index (χ3n) is 5.16. The molecule has 8 heteroatoms. The van der Waals surface area contributed by atoms with E-state index in [9.17, 15) is 14.4 Å². The molecule has 0 fully saturated rings. The summed E-state index contributed by atoms with van der Waals surface area (Å²) in [7, 11) is 1.72. The maximum Gasteiger partial charge on any atom is 0.291 e. The lowest BCUT2D eigenvalue weighted by Gasteiger charge is -2.18. The number of hydrogen-bond donors (Lipinski definition) is 3. The van der Waals surface area contributed by atoms with Gasteiger partial charge in [0, 0.05) is 35.4 Å². The second-order valence-corrected chi connectivity index (χ2v) is 7.69. The fourth-order valence-corrected chi connectivity index (χ4v) is 3.39. The first kappa shape index (κ1) is 23.3. The molecule has 3 aromatic carbocycles. The molecule has 3 amide bonds. The number of rotatable bonds is 8. The highest BCUT2D eigenvalue weighted by atomic mass is 16.3. The van der Waals surface area contributed by atoms with Gasteiger partial charge in [0.15, 0.2) is 5.76 Å². The molecular formula is C27H24N4O4. The molecular weight excluding hydrogens is 444 g/mol. The fourth-order valence-electron chi connectivity index (χ4n) is 3.39. The Morgan fingerprint density at radius 2 is 1.49 bits per heavy atom. The van der Waals surface area contributed by atoms with Crippen molar-refractivity contribution in [2.24, 2.45) is 0 Å². The molecule has 0 saturated carbocycles. The van der Waals surface area contributed by atoms with Gasteiger partial charge in [-0.25, -0.2) is 0 Å². The van der Waals surface area contributed by atoms with Gasteiger partial charge in [-0.05, 0) is 60.7 Å². The molecule has 0 aliphatic rings. The summed E-state index contributed by atoms with van der Waals surface area (Å²) in [5.74, 6) is -0.623. The van der Waals surface area contributed by atoms with Gasteiger partial charge in [0.1, 0.15) is 0 Å². The average molecular weight is 469 g/mol. The fraction of sp³-hybridized carbons (Fsp3) is 0.0741. The summed E-state index contributed by atoms with van der Waals surface area (Å²) in [6.07, 6.45) is 1.42. The minimum absolute atomic E-state index is 0.00481. The zero-order valence-electron chi connectivity index (χ0n) is 19.0. The Kier molecular flexibility index (Phi) is 7.22. The summed E-state index contributed by atoms with van der Waals surface area (Å²) >= 11 is 0. The average Bonchev–Trinajstić information content (AvgIpc) is 3.43. The Morgan fingerprint density at radius 3 is 2.23 bits per heavy atom. The third kappa shape index (κ3) is 6.14. The predicted molar refractivity (Wildman–Crippen MR) is 136 cm³/mol. The summed E-state index contributed by atoms with van der Waals surface area (Å²) < 4.78 is 5.08. The second-order valence-electron chi connectivity index (χ2n) is 7.69. The number of anilines is 4. The lowest BCUT2D eigenvalue weighted by Crippen LogP contribution is -2.26. The van der Waals surface area contributed by atoms with E-state index in [-0.39, 0.29) is 30.0 Å². The molecule has 0 saturated heterocycles. The number of nitrogens with one attached hydrogen (secondary N) is 3. The number of furan rings is 1. The molecule has 0 aliphatic carbocycles. The lowest BCUT2D eigenvalue weighted by molar-refractivity contribution is -0.114. The Balaban J connectivity index is 1.33. The van der Waals surface area contributed by atoms with Gasteiger partial charge in [0.05, 0.1) is 12.8 Å². The van der Waals surface area contributed by atoms with Crippen LogP contribution in [0.4, 0.5) is 22.7 Å². The van der Waals surface area contributed by atoms with Crippen LogP contribution < -0.4 is 20.9 Å². The van der Waals surface area contributed by atoms with E-state index in [0.29, 0.717) is 22.6 Å². The van der Waals surface area contributed by atoms with E-state index in [2.05, 4.69) is 16.0 Å². The van der Waals surface area contributed by atoms with Crippen LogP contribution in [0.25, 0.3) is 0 Å². The van der Waals surface area contributed by atoms with Crippen LogP contribution in [-0.4, -0.2) is 31.3 Å². The molecule has 8 nitrogen and oxygen atoms in total. The minimum Gasteiger partial charge on any atom is -0.459 e. The van der Waals surface area contributed by atoms with Gasteiger partial charge >= 0.3 is 0 Å². The van der Waals surface area contributed by atoms with Crippen LogP contribution in [0, 0.1) is 0 Å². The molecule has 0 spiro atoms. The highest BCUT2D eigenvalue weighted by Gasteiger charge is 2.14. The quantitative estimate of drug-likeness (QED) is 0.343. The predicted octanol–water partition coefficient (Wildman–Crippen LogP) is 4.86. The summed E-state index contributed by atoms with van der Waals surface area (Å²) in [4.78, 5) is 39.0. The first-order valence-electron chi connectivity index (χ1n) is 10.9. The van der Waals surface area contributed by atoms with Gasteiger partial charge in [-0.1, -0.05) is 30.3 Å². The molecule has 0 unspecified atom stereocenters. The Labute approximate surface area is 202 Å². The third-order valence-corrected chi connectivity index (χ3v) is 5.16. The van der Waals surface area contributed by atoms with E-state index in [1.165, 1.54) is 6.26 Å². The highest BCUT2D eigenvalue weighted by molar-refractivity contribution is 6.06. The molecule has 0 aliphatic heterocycles.